The summed E-state index contributed by atoms with van der Waals surface area (Å²) >= 11 is 6.16. The summed E-state index contributed by atoms with van der Waals surface area (Å²) in [4.78, 5) is 22.0. The molecule has 5 rings (SSSR count). The molecule has 0 bridgehead atoms. The third kappa shape index (κ3) is 5.20. The van der Waals surface area contributed by atoms with Gasteiger partial charge in [-0.25, -0.2) is 17.9 Å². The number of sulfonamides is 1. The molecule has 1 aromatic carbocycles. The van der Waals surface area contributed by atoms with Crippen molar-refractivity contribution in [2.24, 2.45) is 5.92 Å². The minimum Gasteiger partial charge on any atom is -0.390 e. The van der Waals surface area contributed by atoms with Crippen molar-refractivity contribution in [1.82, 2.24) is 19.5 Å². The quantitative estimate of drug-likeness (QED) is 0.499. The molecule has 3 atom stereocenters. The molecule has 2 N–H and O–H groups in total. The lowest BCUT2D eigenvalue weighted by Crippen LogP contribution is -2.39. The molecule has 2 aliphatic heterocycles. The number of piperidine rings is 1. The summed E-state index contributed by atoms with van der Waals surface area (Å²) in [5.41, 5.74) is 1.63. The van der Waals surface area contributed by atoms with E-state index in [1.54, 1.807) is 21.7 Å². The molecule has 0 spiro atoms. The fourth-order valence-electron chi connectivity index (χ4n) is 4.94. The fourth-order valence-corrected chi connectivity index (χ4v) is 5.69. The lowest BCUT2D eigenvalue weighted by molar-refractivity contribution is 0.0607. The van der Waals surface area contributed by atoms with Crippen LogP contribution in [0.1, 0.15) is 41.4 Å². The van der Waals surface area contributed by atoms with E-state index >= 15 is 0 Å². The number of carbonyl (C=O) groups excluding carboxylic acids is 1. The van der Waals surface area contributed by atoms with Crippen LogP contribution in [-0.2, 0) is 10.0 Å². The number of nitriles is 1. The highest BCUT2D eigenvalue weighted by atomic mass is 35.5. The van der Waals surface area contributed by atoms with Gasteiger partial charge in [0.05, 0.1) is 53.5 Å². The molecule has 1 amide bonds. The molecule has 1 unspecified atom stereocenters. The molecule has 0 saturated carbocycles. The first kappa shape index (κ1) is 25.3. The highest BCUT2D eigenvalue weighted by molar-refractivity contribution is 7.92. The lowest BCUT2D eigenvalue weighted by atomic mass is 9.98. The molecule has 2 fully saturated rings. The zero-order valence-corrected chi connectivity index (χ0v) is 21.7. The number of nitrogens with zero attached hydrogens (tertiary/aromatic N) is 6. The Labute approximate surface area is 219 Å². The number of hydrogen-bond donors (Lipinski definition) is 2. The van der Waals surface area contributed by atoms with Crippen LogP contribution >= 0.6 is 11.6 Å². The second-order valence-electron chi connectivity index (χ2n) is 9.44. The van der Waals surface area contributed by atoms with Crippen LogP contribution in [0.3, 0.4) is 0 Å². The Kier molecular flexibility index (Phi) is 6.70. The number of carbonyl (C=O) groups is 1. The smallest absolute Gasteiger partial charge is 0.256 e. The number of aliphatic hydroxyl groups is 1. The van der Waals surface area contributed by atoms with Crippen LogP contribution in [0.5, 0.6) is 0 Å². The van der Waals surface area contributed by atoms with Gasteiger partial charge in [-0.3, -0.25) is 9.52 Å². The molecule has 2 aliphatic rings. The Morgan fingerprint density at radius 3 is 2.78 bits per heavy atom. The first-order chi connectivity index (χ1) is 17.6. The van der Waals surface area contributed by atoms with E-state index in [0.29, 0.717) is 48.2 Å². The molecule has 4 heterocycles. The number of fused-ring (bicyclic) bond motifs is 1. The minimum atomic E-state index is -3.60. The molecule has 11 nitrogen and oxygen atoms in total. The number of aliphatic hydroxyl groups excluding tert-OH is 1. The van der Waals surface area contributed by atoms with Crippen molar-refractivity contribution in [2.45, 2.75) is 31.4 Å². The predicted molar refractivity (Wildman–Crippen MR) is 138 cm³/mol. The summed E-state index contributed by atoms with van der Waals surface area (Å²) in [6.45, 7) is 1.21. The van der Waals surface area contributed by atoms with Gasteiger partial charge in [0.25, 0.3) is 5.91 Å². The van der Waals surface area contributed by atoms with Crippen LogP contribution in [0, 0.1) is 17.2 Å². The van der Waals surface area contributed by atoms with E-state index in [1.807, 2.05) is 11.0 Å². The SMILES string of the molecule is CS(=O)(=O)Nc1ccc(Cl)cc1C(=O)N1CCCC[C@H]1c1cn2nc(N3CC(C#N)[C@@H](O)C3)ccc2n1. The third-order valence-corrected chi connectivity index (χ3v) is 7.54. The average Bonchev–Trinajstić information content (AvgIpc) is 3.46. The van der Waals surface area contributed by atoms with Crippen molar-refractivity contribution in [3.8, 4) is 6.07 Å². The van der Waals surface area contributed by atoms with Gasteiger partial charge in [0, 0.05) is 24.7 Å². The van der Waals surface area contributed by atoms with Crippen molar-refractivity contribution in [2.75, 3.05) is 35.5 Å². The Hall–Kier alpha value is -3.40. The van der Waals surface area contributed by atoms with Gasteiger partial charge in [0.15, 0.2) is 5.65 Å². The number of amides is 1. The molecule has 3 aromatic rings. The van der Waals surface area contributed by atoms with Crippen LogP contribution in [-0.4, -0.2) is 70.9 Å². The second kappa shape index (κ2) is 9.81. The van der Waals surface area contributed by atoms with Gasteiger partial charge in [-0.1, -0.05) is 11.6 Å². The summed E-state index contributed by atoms with van der Waals surface area (Å²) < 4.78 is 27.8. The Morgan fingerprint density at radius 1 is 1.24 bits per heavy atom. The lowest BCUT2D eigenvalue weighted by Gasteiger charge is -2.35. The topological polar surface area (TPSA) is 144 Å². The third-order valence-electron chi connectivity index (χ3n) is 6.72. The first-order valence-electron chi connectivity index (χ1n) is 11.9. The number of nitrogens with one attached hydrogen (secondary N) is 1. The molecule has 0 aliphatic carbocycles. The van der Waals surface area contributed by atoms with E-state index in [1.165, 1.54) is 18.2 Å². The Bertz CT molecular complexity index is 1500. The Balaban J connectivity index is 1.45. The Morgan fingerprint density at radius 2 is 2.05 bits per heavy atom. The largest absolute Gasteiger partial charge is 0.390 e. The number of hydrogen-bond acceptors (Lipinski definition) is 8. The van der Waals surface area contributed by atoms with Gasteiger partial charge < -0.3 is 14.9 Å². The highest BCUT2D eigenvalue weighted by Crippen LogP contribution is 2.34. The molecule has 2 saturated heterocycles. The van der Waals surface area contributed by atoms with Crippen LogP contribution in [0.2, 0.25) is 5.02 Å². The van der Waals surface area contributed by atoms with Crippen LogP contribution in [0.15, 0.2) is 36.5 Å². The van der Waals surface area contributed by atoms with E-state index in [2.05, 4.69) is 15.9 Å². The van der Waals surface area contributed by atoms with Crippen molar-refractivity contribution in [3.05, 3.63) is 52.8 Å². The number of halogens is 1. The maximum absolute atomic E-state index is 13.7. The number of imidazole rings is 1. The number of benzene rings is 1. The van der Waals surface area contributed by atoms with Crippen LogP contribution in [0.4, 0.5) is 11.5 Å². The molecular weight excluding hydrogens is 518 g/mol. The number of likely N-dealkylation sites (tertiary alicyclic amines) is 1. The van der Waals surface area contributed by atoms with Gasteiger partial charge in [-0.05, 0) is 49.6 Å². The zero-order chi connectivity index (χ0) is 26.3. The second-order valence-corrected chi connectivity index (χ2v) is 11.6. The van der Waals surface area contributed by atoms with Crippen molar-refractivity contribution < 1.29 is 18.3 Å². The van der Waals surface area contributed by atoms with Crippen LogP contribution in [0.25, 0.3) is 5.65 Å². The molecule has 194 valence electrons. The van der Waals surface area contributed by atoms with Gasteiger partial charge in [-0.15, -0.1) is 5.10 Å². The summed E-state index contributed by atoms with van der Waals surface area (Å²) in [5, 5.41) is 24.3. The summed E-state index contributed by atoms with van der Waals surface area (Å²) in [7, 11) is -3.60. The standard InChI is InChI=1S/C24H26ClN7O4S/c1-37(35,36)29-18-6-5-16(25)10-17(18)24(34)31-9-3-2-4-20(31)19-13-32-22(27-19)7-8-23(28-32)30-12-15(11-26)21(33)14-30/h5-8,10,13,15,20-21,29,33H,2-4,9,12,14H2,1H3/t15?,20-,21-/m0/s1. The molecule has 13 heteroatoms. The van der Waals surface area contributed by atoms with Gasteiger partial charge in [0.2, 0.25) is 10.0 Å². The zero-order valence-electron chi connectivity index (χ0n) is 20.1. The van der Waals surface area contributed by atoms with E-state index in [0.717, 1.165) is 19.1 Å². The summed E-state index contributed by atoms with van der Waals surface area (Å²) in [6, 6.07) is 9.91. The maximum Gasteiger partial charge on any atom is 0.256 e. The molecule has 37 heavy (non-hydrogen) atoms. The van der Waals surface area contributed by atoms with Crippen molar-refractivity contribution in [1.29, 1.82) is 5.26 Å². The summed E-state index contributed by atoms with van der Waals surface area (Å²) in [5.74, 6) is -0.177. The maximum atomic E-state index is 13.7. The van der Waals surface area contributed by atoms with Crippen molar-refractivity contribution in [3.63, 3.8) is 0 Å². The number of β-amino-alcohol motifs (C(OH)–C–C–N with tert-alkyl or cyclic N) is 1. The fraction of sp³-hybridized carbons (Fsp3) is 0.417. The predicted octanol–water partition coefficient (Wildman–Crippen LogP) is 2.44. The normalized spacial score (nSPS) is 22.3. The van der Waals surface area contributed by atoms with Crippen LogP contribution < -0.4 is 9.62 Å². The van der Waals surface area contributed by atoms with Crippen molar-refractivity contribution >= 4 is 44.7 Å². The number of aromatic nitrogens is 3. The van der Waals surface area contributed by atoms with E-state index in [9.17, 15) is 23.6 Å². The highest BCUT2D eigenvalue weighted by Gasteiger charge is 2.34. The average molecular weight is 544 g/mol. The molecular formula is C24H26ClN7O4S. The van der Waals surface area contributed by atoms with E-state index in [4.69, 9.17) is 16.6 Å². The first-order valence-corrected chi connectivity index (χ1v) is 14.2. The van der Waals surface area contributed by atoms with Gasteiger partial charge >= 0.3 is 0 Å². The monoisotopic (exact) mass is 543 g/mol. The van der Waals surface area contributed by atoms with Gasteiger partial charge in [0.1, 0.15) is 5.82 Å². The van der Waals surface area contributed by atoms with E-state index in [-0.39, 0.29) is 23.2 Å². The molecule has 0 radical (unpaired) electrons. The minimum absolute atomic E-state index is 0.172. The number of anilines is 2. The van der Waals surface area contributed by atoms with E-state index < -0.39 is 22.0 Å². The molecule has 2 aromatic heterocycles. The number of rotatable bonds is 5. The van der Waals surface area contributed by atoms with Gasteiger partial charge in [-0.2, -0.15) is 5.26 Å². The summed E-state index contributed by atoms with van der Waals surface area (Å²) in [6.07, 6.45) is 4.51.